The van der Waals surface area contributed by atoms with Gasteiger partial charge in [-0.3, -0.25) is 4.79 Å². The Morgan fingerprint density at radius 2 is 1.95 bits per heavy atom. The summed E-state index contributed by atoms with van der Waals surface area (Å²) < 4.78 is 0. The first-order chi connectivity index (χ1) is 8.43. The summed E-state index contributed by atoms with van der Waals surface area (Å²) in [6.07, 6.45) is 0.796. The van der Waals surface area contributed by atoms with Crippen LogP contribution < -0.4 is 5.73 Å². The number of halogens is 2. The van der Waals surface area contributed by atoms with E-state index in [0.717, 1.165) is 6.42 Å². The van der Waals surface area contributed by atoms with Gasteiger partial charge in [0, 0.05) is 19.6 Å². The molecule has 1 unspecified atom stereocenters. The number of nitrogens with two attached hydrogens (primary N) is 1. The highest BCUT2D eigenvalue weighted by atomic mass is 35.5. The quantitative estimate of drug-likeness (QED) is 0.908. The lowest BCUT2D eigenvalue weighted by Crippen LogP contribution is -2.34. The van der Waals surface area contributed by atoms with Gasteiger partial charge in [0.2, 0.25) is 0 Å². The van der Waals surface area contributed by atoms with Crippen LogP contribution in [-0.2, 0) is 0 Å². The van der Waals surface area contributed by atoms with E-state index in [-0.39, 0.29) is 24.4 Å². The van der Waals surface area contributed by atoms with E-state index < -0.39 is 0 Å². The minimum Gasteiger partial charge on any atom is -0.342 e. The third-order valence-electron chi connectivity index (χ3n) is 3.11. The first kappa shape index (κ1) is 18.2. The summed E-state index contributed by atoms with van der Waals surface area (Å²) in [7, 11) is 1.78. The van der Waals surface area contributed by atoms with Gasteiger partial charge in [0.05, 0.1) is 10.6 Å². The normalized spacial score (nSPS) is 11.9. The Morgan fingerprint density at radius 3 is 2.47 bits per heavy atom. The van der Waals surface area contributed by atoms with Crippen molar-refractivity contribution in [1.29, 1.82) is 0 Å². The molecule has 0 radical (unpaired) electrons. The van der Waals surface area contributed by atoms with Crippen LogP contribution in [0.1, 0.15) is 30.6 Å². The largest absolute Gasteiger partial charge is 0.342 e. The van der Waals surface area contributed by atoms with E-state index in [2.05, 4.69) is 13.8 Å². The van der Waals surface area contributed by atoms with Crippen molar-refractivity contribution in [3.8, 4) is 0 Å². The molecule has 0 saturated heterocycles. The van der Waals surface area contributed by atoms with Crippen molar-refractivity contribution in [2.45, 2.75) is 26.3 Å². The van der Waals surface area contributed by atoms with Gasteiger partial charge in [0.1, 0.15) is 0 Å². The smallest absolute Gasteiger partial charge is 0.255 e. The molecule has 0 aliphatic rings. The van der Waals surface area contributed by atoms with Crippen LogP contribution in [0.25, 0.3) is 0 Å². The predicted molar refractivity (Wildman–Crippen MR) is 83.1 cm³/mol. The summed E-state index contributed by atoms with van der Waals surface area (Å²) in [6.45, 7) is 4.81. The second kappa shape index (κ2) is 8.41. The van der Waals surface area contributed by atoms with E-state index in [4.69, 9.17) is 17.3 Å². The molecular weight excluding hydrogens is 283 g/mol. The van der Waals surface area contributed by atoms with Crippen LogP contribution in [0.15, 0.2) is 24.3 Å². The molecule has 1 amide bonds. The third-order valence-corrected chi connectivity index (χ3v) is 3.43. The van der Waals surface area contributed by atoms with Crippen molar-refractivity contribution in [3.05, 3.63) is 34.9 Å². The fraction of sp³-hybridized carbons (Fsp3) is 0.500. The van der Waals surface area contributed by atoms with Crippen LogP contribution >= 0.6 is 24.0 Å². The number of benzene rings is 1. The second-order valence-corrected chi connectivity index (χ2v) is 5.31. The zero-order chi connectivity index (χ0) is 13.7. The molecule has 0 aromatic heterocycles. The zero-order valence-corrected chi connectivity index (χ0v) is 13.2. The predicted octanol–water partition coefficient (Wildman–Crippen LogP) is 3.21. The molecule has 1 atom stereocenters. The lowest BCUT2D eigenvalue weighted by atomic mass is 10.0. The fourth-order valence-corrected chi connectivity index (χ4v) is 1.83. The van der Waals surface area contributed by atoms with Crippen LogP contribution in [-0.4, -0.2) is 30.4 Å². The first-order valence-electron chi connectivity index (χ1n) is 6.19. The van der Waals surface area contributed by atoms with Crippen LogP contribution in [0.5, 0.6) is 0 Å². The van der Waals surface area contributed by atoms with Crippen molar-refractivity contribution in [1.82, 2.24) is 4.90 Å². The maximum absolute atomic E-state index is 12.1. The SMILES string of the molecule is CC(C)C(N)CCN(C)C(=O)c1ccccc1Cl.Cl. The first-order valence-corrected chi connectivity index (χ1v) is 6.57. The Bertz CT molecular complexity index is 410. The molecule has 1 rings (SSSR count). The zero-order valence-electron chi connectivity index (χ0n) is 11.6. The molecule has 0 spiro atoms. The van der Waals surface area contributed by atoms with Crippen LogP contribution in [0, 0.1) is 5.92 Å². The average molecular weight is 305 g/mol. The Hall–Kier alpha value is -0.770. The number of nitrogens with zero attached hydrogens (tertiary/aromatic N) is 1. The van der Waals surface area contributed by atoms with E-state index in [1.165, 1.54) is 0 Å². The number of carbonyl (C=O) groups is 1. The number of amides is 1. The second-order valence-electron chi connectivity index (χ2n) is 4.90. The van der Waals surface area contributed by atoms with Gasteiger partial charge in [-0.2, -0.15) is 0 Å². The van der Waals surface area contributed by atoms with Gasteiger partial charge in [-0.25, -0.2) is 0 Å². The van der Waals surface area contributed by atoms with E-state index in [0.29, 0.717) is 23.0 Å². The van der Waals surface area contributed by atoms with Crippen molar-refractivity contribution in [2.75, 3.05) is 13.6 Å². The lowest BCUT2D eigenvalue weighted by Gasteiger charge is -2.22. The molecule has 0 saturated carbocycles. The maximum Gasteiger partial charge on any atom is 0.255 e. The Kier molecular flexibility index (Phi) is 8.07. The van der Waals surface area contributed by atoms with Gasteiger partial charge in [0.15, 0.2) is 0 Å². The number of hydrogen-bond donors (Lipinski definition) is 1. The molecule has 0 aliphatic heterocycles. The van der Waals surface area contributed by atoms with Gasteiger partial charge in [0.25, 0.3) is 5.91 Å². The van der Waals surface area contributed by atoms with Crippen molar-refractivity contribution in [3.63, 3.8) is 0 Å². The average Bonchev–Trinajstić information content (AvgIpc) is 2.35. The molecule has 3 nitrogen and oxygen atoms in total. The van der Waals surface area contributed by atoms with Crippen molar-refractivity contribution in [2.24, 2.45) is 11.7 Å². The topological polar surface area (TPSA) is 46.3 Å². The Morgan fingerprint density at radius 1 is 1.37 bits per heavy atom. The van der Waals surface area contributed by atoms with E-state index in [9.17, 15) is 4.79 Å². The summed E-state index contributed by atoms with van der Waals surface area (Å²) in [5.74, 6) is 0.366. The van der Waals surface area contributed by atoms with Crippen LogP contribution in [0.2, 0.25) is 5.02 Å². The highest BCUT2D eigenvalue weighted by Gasteiger charge is 2.16. The maximum atomic E-state index is 12.1. The number of rotatable bonds is 5. The summed E-state index contributed by atoms with van der Waals surface area (Å²) in [6, 6.07) is 7.21. The van der Waals surface area contributed by atoms with E-state index in [1.807, 2.05) is 12.1 Å². The van der Waals surface area contributed by atoms with Crippen molar-refractivity contribution >= 4 is 29.9 Å². The van der Waals surface area contributed by atoms with Crippen molar-refractivity contribution < 1.29 is 4.79 Å². The van der Waals surface area contributed by atoms with Gasteiger partial charge >= 0.3 is 0 Å². The Labute approximate surface area is 126 Å². The van der Waals surface area contributed by atoms with E-state index >= 15 is 0 Å². The summed E-state index contributed by atoms with van der Waals surface area (Å²) in [4.78, 5) is 13.8. The number of carbonyl (C=O) groups excluding carboxylic acids is 1. The highest BCUT2D eigenvalue weighted by Crippen LogP contribution is 2.17. The molecule has 0 bridgehead atoms. The molecule has 0 fully saturated rings. The number of hydrogen-bond acceptors (Lipinski definition) is 2. The van der Waals surface area contributed by atoms with Gasteiger partial charge < -0.3 is 10.6 Å². The molecule has 108 valence electrons. The molecule has 0 heterocycles. The van der Waals surface area contributed by atoms with Gasteiger partial charge in [-0.1, -0.05) is 37.6 Å². The fourth-order valence-electron chi connectivity index (χ4n) is 1.62. The molecular formula is C14H22Cl2N2O. The van der Waals surface area contributed by atoms with Gasteiger partial charge in [-0.15, -0.1) is 12.4 Å². The van der Waals surface area contributed by atoms with Crippen LogP contribution in [0.3, 0.4) is 0 Å². The van der Waals surface area contributed by atoms with E-state index in [1.54, 1.807) is 24.1 Å². The third kappa shape index (κ3) is 5.39. The van der Waals surface area contributed by atoms with Crippen LogP contribution in [0.4, 0.5) is 0 Å². The summed E-state index contributed by atoms with van der Waals surface area (Å²) in [5.41, 5.74) is 6.51. The van der Waals surface area contributed by atoms with Gasteiger partial charge in [-0.05, 0) is 24.5 Å². The summed E-state index contributed by atoms with van der Waals surface area (Å²) in [5, 5.41) is 0.488. The summed E-state index contributed by atoms with van der Waals surface area (Å²) >= 11 is 6.00. The standard InChI is InChI=1S/C14H21ClN2O.ClH/c1-10(2)13(16)8-9-17(3)14(18)11-6-4-5-7-12(11)15;/h4-7,10,13H,8-9,16H2,1-3H3;1H. The molecule has 1 aromatic carbocycles. The molecule has 5 heteroatoms. The molecule has 19 heavy (non-hydrogen) atoms. The molecule has 2 N–H and O–H groups in total. The minimum atomic E-state index is -0.0587. The lowest BCUT2D eigenvalue weighted by molar-refractivity contribution is 0.0789. The monoisotopic (exact) mass is 304 g/mol. The molecule has 1 aromatic rings. The Balaban J connectivity index is 0.00000324. The highest BCUT2D eigenvalue weighted by molar-refractivity contribution is 6.33. The molecule has 0 aliphatic carbocycles. The minimum absolute atomic E-state index is 0.